The summed E-state index contributed by atoms with van der Waals surface area (Å²) in [4.78, 5) is 12.6. The Hall–Kier alpha value is -3.55. The van der Waals surface area contributed by atoms with Crippen LogP contribution in [0.1, 0.15) is 25.6 Å². The number of fused-ring (bicyclic) bond motifs is 1. The van der Waals surface area contributed by atoms with Crippen LogP contribution in [0.4, 0.5) is 17.3 Å². The number of para-hydroxylation sites is 2. The van der Waals surface area contributed by atoms with Crippen molar-refractivity contribution in [3.05, 3.63) is 54.1 Å². The molecule has 1 aliphatic rings. The van der Waals surface area contributed by atoms with Gasteiger partial charge in [0, 0.05) is 11.3 Å². The van der Waals surface area contributed by atoms with Gasteiger partial charge < -0.3 is 24.8 Å². The molecule has 0 amide bonds. The molecule has 0 fully saturated rings. The molecule has 1 aliphatic heterocycles. The zero-order valence-corrected chi connectivity index (χ0v) is 15.7. The predicted octanol–water partition coefficient (Wildman–Crippen LogP) is 3.92. The van der Waals surface area contributed by atoms with Crippen LogP contribution in [0, 0.1) is 0 Å². The summed E-state index contributed by atoms with van der Waals surface area (Å²) in [5.41, 5.74) is 2.84. The van der Waals surface area contributed by atoms with Crippen LogP contribution in [0.15, 0.2) is 48.5 Å². The van der Waals surface area contributed by atoms with Crippen LogP contribution in [0.5, 0.6) is 17.8 Å². The van der Waals surface area contributed by atoms with Crippen molar-refractivity contribution >= 4 is 17.3 Å². The molecule has 0 spiro atoms. The summed E-state index contributed by atoms with van der Waals surface area (Å²) in [7, 11) is 0. The highest BCUT2D eigenvalue weighted by molar-refractivity contribution is 5.61. The molecular formula is C20H21N5O3. The second-order valence-electron chi connectivity index (χ2n) is 5.98. The maximum atomic E-state index is 5.94. The smallest absolute Gasteiger partial charge is 0.324 e. The molecule has 8 nitrogen and oxygen atoms in total. The van der Waals surface area contributed by atoms with Gasteiger partial charge in [0.25, 0.3) is 0 Å². The average Bonchev–Trinajstić information content (AvgIpc) is 3.13. The van der Waals surface area contributed by atoms with Crippen LogP contribution in [0.25, 0.3) is 0 Å². The summed E-state index contributed by atoms with van der Waals surface area (Å²) in [5.74, 6) is 1.21. The van der Waals surface area contributed by atoms with Crippen molar-refractivity contribution in [3.63, 3.8) is 0 Å². The standard InChI is InChI=1S/C20H21N5O3/c1-3-26-19-23-18(24-20(25-19)27-4-2)21-14-11-9-13(10-12-14)17-22-15-7-5-6-8-16(15)28-17/h5-12,17,22H,3-4H2,1-2H3,(H,21,23,24,25)/t17-/m0/s1. The lowest BCUT2D eigenvalue weighted by atomic mass is 10.2. The van der Waals surface area contributed by atoms with Crippen molar-refractivity contribution in [2.75, 3.05) is 23.8 Å². The third kappa shape index (κ3) is 3.90. The number of ether oxygens (including phenoxy) is 3. The highest BCUT2D eigenvalue weighted by Gasteiger charge is 2.22. The number of benzene rings is 2. The number of hydrogen-bond donors (Lipinski definition) is 2. The molecule has 0 radical (unpaired) electrons. The molecule has 2 heterocycles. The highest BCUT2D eigenvalue weighted by atomic mass is 16.5. The number of nitrogens with zero attached hydrogens (tertiary/aromatic N) is 3. The van der Waals surface area contributed by atoms with E-state index in [-0.39, 0.29) is 18.2 Å². The Kier molecular flexibility index (Phi) is 5.09. The SMILES string of the molecule is CCOc1nc(Nc2ccc([C@H]3Nc4ccccc4O3)cc2)nc(OCC)n1. The molecule has 0 saturated carbocycles. The number of nitrogens with one attached hydrogen (secondary N) is 2. The summed E-state index contributed by atoms with van der Waals surface area (Å²) in [6, 6.07) is 16.2. The Morgan fingerprint density at radius 3 is 2.25 bits per heavy atom. The van der Waals surface area contributed by atoms with Gasteiger partial charge in [-0.2, -0.15) is 9.97 Å². The number of rotatable bonds is 7. The van der Waals surface area contributed by atoms with Gasteiger partial charge in [-0.05, 0) is 38.1 Å². The van der Waals surface area contributed by atoms with Crippen LogP contribution in [-0.2, 0) is 0 Å². The Bertz CT molecular complexity index is 900. The molecule has 0 bridgehead atoms. The topological polar surface area (TPSA) is 90.4 Å². The zero-order valence-electron chi connectivity index (χ0n) is 15.7. The van der Waals surface area contributed by atoms with E-state index in [2.05, 4.69) is 25.6 Å². The Morgan fingerprint density at radius 1 is 0.929 bits per heavy atom. The summed E-state index contributed by atoms with van der Waals surface area (Å²) in [5, 5.41) is 6.51. The van der Waals surface area contributed by atoms with Crippen LogP contribution in [-0.4, -0.2) is 28.2 Å². The normalized spacial score (nSPS) is 14.6. The molecule has 8 heteroatoms. The third-order valence-electron chi connectivity index (χ3n) is 4.03. The Balaban J connectivity index is 1.48. The van der Waals surface area contributed by atoms with Gasteiger partial charge in [-0.3, -0.25) is 0 Å². The zero-order chi connectivity index (χ0) is 19.3. The lowest BCUT2D eigenvalue weighted by Crippen LogP contribution is -2.10. The van der Waals surface area contributed by atoms with E-state index < -0.39 is 0 Å². The van der Waals surface area contributed by atoms with Crippen molar-refractivity contribution < 1.29 is 14.2 Å². The lowest BCUT2D eigenvalue weighted by molar-refractivity contribution is 0.260. The van der Waals surface area contributed by atoms with Gasteiger partial charge in [-0.25, -0.2) is 0 Å². The molecule has 144 valence electrons. The maximum Gasteiger partial charge on any atom is 0.324 e. The average molecular weight is 379 g/mol. The molecular weight excluding hydrogens is 358 g/mol. The van der Waals surface area contributed by atoms with Gasteiger partial charge >= 0.3 is 12.0 Å². The summed E-state index contributed by atoms with van der Waals surface area (Å²) in [6.45, 7) is 4.65. The second kappa shape index (κ2) is 7.99. The first-order valence-corrected chi connectivity index (χ1v) is 9.16. The monoisotopic (exact) mass is 379 g/mol. The van der Waals surface area contributed by atoms with E-state index in [0.29, 0.717) is 19.2 Å². The van der Waals surface area contributed by atoms with E-state index in [0.717, 1.165) is 22.7 Å². The van der Waals surface area contributed by atoms with Gasteiger partial charge in [-0.15, -0.1) is 4.98 Å². The first-order chi connectivity index (χ1) is 13.7. The van der Waals surface area contributed by atoms with Crippen molar-refractivity contribution in [1.29, 1.82) is 0 Å². The van der Waals surface area contributed by atoms with Crippen LogP contribution in [0.2, 0.25) is 0 Å². The van der Waals surface area contributed by atoms with E-state index in [4.69, 9.17) is 14.2 Å². The Labute approximate surface area is 162 Å². The predicted molar refractivity (Wildman–Crippen MR) is 105 cm³/mol. The number of anilines is 3. The largest absolute Gasteiger partial charge is 0.464 e. The molecule has 3 aromatic rings. The first kappa shape index (κ1) is 17.8. The molecule has 4 rings (SSSR count). The van der Waals surface area contributed by atoms with Crippen molar-refractivity contribution in [2.24, 2.45) is 0 Å². The van der Waals surface area contributed by atoms with Crippen molar-refractivity contribution in [1.82, 2.24) is 15.0 Å². The van der Waals surface area contributed by atoms with Crippen LogP contribution < -0.4 is 24.8 Å². The van der Waals surface area contributed by atoms with Crippen LogP contribution in [0.3, 0.4) is 0 Å². The van der Waals surface area contributed by atoms with Gasteiger partial charge in [0.1, 0.15) is 5.75 Å². The molecule has 1 atom stereocenters. The molecule has 1 aromatic heterocycles. The molecule has 2 aromatic carbocycles. The van der Waals surface area contributed by atoms with E-state index in [1.165, 1.54) is 0 Å². The summed E-state index contributed by atoms with van der Waals surface area (Å²) < 4.78 is 16.7. The van der Waals surface area contributed by atoms with Gasteiger partial charge in [0.2, 0.25) is 5.95 Å². The third-order valence-corrected chi connectivity index (χ3v) is 4.03. The second-order valence-corrected chi connectivity index (χ2v) is 5.98. The van der Waals surface area contributed by atoms with Crippen molar-refractivity contribution in [2.45, 2.75) is 20.1 Å². The number of hydrogen-bond acceptors (Lipinski definition) is 8. The van der Waals surface area contributed by atoms with E-state index in [1.807, 2.05) is 62.4 Å². The number of aromatic nitrogens is 3. The Morgan fingerprint density at radius 2 is 1.61 bits per heavy atom. The minimum Gasteiger partial charge on any atom is -0.464 e. The van der Waals surface area contributed by atoms with Crippen LogP contribution >= 0.6 is 0 Å². The van der Waals surface area contributed by atoms with E-state index in [1.54, 1.807) is 0 Å². The molecule has 2 N–H and O–H groups in total. The van der Waals surface area contributed by atoms with E-state index >= 15 is 0 Å². The minimum atomic E-state index is -0.210. The van der Waals surface area contributed by atoms with Gasteiger partial charge in [-0.1, -0.05) is 24.3 Å². The fourth-order valence-electron chi connectivity index (χ4n) is 2.79. The summed E-state index contributed by atoms with van der Waals surface area (Å²) in [6.07, 6.45) is -0.210. The van der Waals surface area contributed by atoms with E-state index in [9.17, 15) is 0 Å². The maximum absolute atomic E-state index is 5.94. The summed E-state index contributed by atoms with van der Waals surface area (Å²) >= 11 is 0. The molecule has 0 unspecified atom stereocenters. The minimum absolute atomic E-state index is 0.210. The molecule has 0 saturated heterocycles. The first-order valence-electron chi connectivity index (χ1n) is 9.16. The van der Waals surface area contributed by atoms with Gasteiger partial charge in [0.15, 0.2) is 6.23 Å². The van der Waals surface area contributed by atoms with Crippen molar-refractivity contribution in [3.8, 4) is 17.8 Å². The fourth-order valence-corrected chi connectivity index (χ4v) is 2.79. The quantitative estimate of drug-likeness (QED) is 0.638. The molecule has 28 heavy (non-hydrogen) atoms. The molecule has 0 aliphatic carbocycles. The lowest BCUT2D eigenvalue weighted by Gasteiger charge is -2.13. The highest BCUT2D eigenvalue weighted by Crippen LogP contribution is 2.37. The fraction of sp³-hybridized carbons (Fsp3) is 0.250. The van der Waals surface area contributed by atoms with Gasteiger partial charge in [0.05, 0.1) is 18.9 Å².